The van der Waals surface area contributed by atoms with Crippen LogP contribution in [0.4, 0.5) is 5.69 Å². The lowest BCUT2D eigenvalue weighted by Crippen LogP contribution is -1.83. The molecule has 0 fully saturated rings. The number of nitriles is 1. The summed E-state index contributed by atoms with van der Waals surface area (Å²) >= 11 is 0. The summed E-state index contributed by atoms with van der Waals surface area (Å²) in [5.74, 6) is 0. The topological polar surface area (TPSA) is 49.0 Å². The third kappa shape index (κ3) is 2.52. The molecule has 0 bridgehead atoms. The molecule has 0 saturated heterocycles. The second-order valence-corrected chi connectivity index (χ2v) is 3.17. The van der Waals surface area contributed by atoms with Crippen molar-refractivity contribution < 1.29 is 0 Å². The van der Waals surface area contributed by atoms with Crippen molar-refractivity contribution in [2.45, 2.75) is 0 Å². The van der Waals surface area contributed by atoms with E-state index in [4.69, 9.17) is 5.26 Å². The van der Waals surface area contributed by atoms with Crippen LogP contribution in [-0.4, -0.2) is 11.2 Å². The van der Waals surface area contributed by atoms with Gasteiger partial charge in [0.2, 0.25) is 0 Å². The highest BCUT2D eigenvalue weighted by atomic mass is 14.8. The zero-order valence-electron chi connectivity index (χ0n) is 8.54. The summed E-state index contributed by atoms with van der Waals surface area (Å²) in [4.78, 5) is 8.38. The van der Waals surface area contributed by atoms with Crippen molar-refractivity contribution in [1.29, 1.82) is 5.26 Å². The van der Waals surface area contributed by atoms with Gasteiger partial charge in [-0.1, -0.05) is 6.07 Å². The van der Waals surface area contributed by atoms with E-state index in [0.717, 1.165) is 11.4 Å². The van der Waals surface area contributed by atoms with E-state index in [9.17, 15) is 0 Å². The lowest BCUT2D eigenvalue weighted by molar-refractivity contribution is 1.30. The molecule has 0 aliphatic carbocycles. The minimum absolute atomic E-state index is 0.636. The zero-order valence-corrected chi connectivity index (χ0v) is 8.54. The van der Waals surface area contributed by atoms with Gasteiger partial charge in [-0.05, 0) is 36.4 Å². The number of pyridine rings is 1. The monoisotopic (exact) mass is 207 g/mol. The molecule has 0 radical (unpaired) electrons. The fourth-order valence-corrected chi connectivity index (χ4v) is 1.22. The largest absolute Gasteiger partial charge is 0.255 e. The SMILES string of the molecule is N#Cc1ccc(N=Cc2ccccn2)cc1. The molecule has 1 aromatic carbocycles. The molecule has 16 heavy (non-hydrogen) atoms. The highest BCUT2D eigenvalue weighted by Crippen LogP contribution is 2.12. The molecule has 2 rings (SSSR count). The third-order valence-electron chi connectivity index (χ3n) is 2.03. The molecule has 76 valence electrons. The summed E-state index contributed by atoms with van der Waals surface area (Å²) in [6.45, 7) is 0. The number of hydrogen-bond donors (Lipinski definition) is 0. The van der Waals surface area contributed by atoms with Crippen molar-refractivity contribution >= 4 is 11.9 Å². The van der Waals surface area contributed by atoms with Gasteiger partial charge in [0, 0.05) is 6.20 Å². The molecule has 0 saturated carbocycles. The average molecular weight is 207 g/mol. The smallest absolute Gasteiger partial charge is 0.0991 e. The number of aromatic nitrogens is 1. The molecule has 1 heterocycles. The van der Waals surface area contributed by atoms with Crippen LogP contribution >= 0.6 is 0 Å². The van der Waals surface area contributed by atoms with E-state index in [2.05, 4.69) is 16.0 Å². The lowest BCUT2D eigenvalue weighted by Gasteiger charge is -1.93. The standard InChI is InChI=1S/C13H9N3/c14-9-11-4-6-12(7-5-11)16-10-13-3-1-2-8-15-13/h1-8,10H. The quantitative estimate of drug-likeness (QED) is 0.711. The number of aliphatic imine (C=N–C) groups is 1. The summed E-state index contributed by atoms with van der Waals surface area (Å²) < 4.78 is 0. The van der Waals surface area contributed by atoms with E-state index in [1.165, 1.54) is 0 Å². The van der Waals surface area contributed by atoms with Gasteiger partial charge in [-0.25, -0.2) is 0 Å². The van der Waals surface area contributed by atoms with E-state index in [1.807, 2.05) is 18.2 Å². The Morgan fingerprint density at radius 3 is 2.56 bits per heavy atom. The molecule has 0 atom stereocenters. The van der Waals surface area contributed by atoms with Crippen molar-refractivity contribution in [2.24, 2.45) is 4.99 Å². The Labute approximate surface area is 93.7 Å². The van der Waals surface area contributed by atoms with E-state index in [0.29, 0.717) is 5.56 Å². The van der Waals surface area contributed by atoms with Gasteiger partial charge < -0.3 is 0 Å². The lowest BCUT2D eigenvalue weighted by atomic mass is 10.2. The Morgan fingerprint density at radius 1 is 1.12 bits per heavy atom. The predicted octanol–water partition coefficient (Wildman–Crippen LogP) is 2.70. The van der Waals surface area contributed by atoms with Crippen LogP contribution in [0.15, 0.2) is 53.7 Å². The van der Waals surface area contributed by atoms with E-state index >= 15 is 0 Å². The van der Waals surface area contributed by atoms with Gasteiger partial charge in [0.1, 0.15) is 0 Å². The maximum atomic E-state index is 8.64. The summed E-state index contributed by atoms with van der Waals surface area (Å²) in [5.41, 5.74) is 2.26. The van der Waals surface area contributed by atoms with Crippen molar-refractivity contribution in [2.75, 3.05) is 0 Å². The molecular weight excluding hydrogens is 198 g/mol. The molecule has 0 spiro atoms. The van der Waals surface area contributed by atoms with Crippen molar-refractivity contribution in [1.82, 2.24) is 4.98 Å². The third-order valence-corrected chi connectivity index (χ3v) is 2.03. The van der Waals surface area contributed by atoms with Crippen LogP contribution in [0.3, 0.4) is 0 Å². The fraction of sp³-hybridized carbons (Fsp3) is 0. The Morgan fingerprint density at radius 2 is 1.94 bits per heavy atom. The van der Waals surface area contributed by atoms with Crippen molar-refractivity contribution in [3.63, 3.8) is 0 Å². The van der Waals surface area contributed by atoms with Gasteiger partial charge in [-0.2, -0.15) is 5.26 Å². The summed E-state index contributed by atoms with van der Waals surface area (Å²) in [5, 5.41) is 8.64. The van der Waals surface area contributed by atoms with Gasteiger partial charge in [-0.15, -0.1) is 0 Å². The molecule has 2 aromatic rings. The molecule has 3 nitrogen and oxygen atoms in total. The maximum Gasteiger partial charge on any atom is 0.0991 e. The molecule has 0 aliphatic rings. The molecule has 3 heteroatoms. The van der Waals surface area contributed by atoms with Crippen LogP contribution in [0.25, 0.3) is 0 Å². The molecule has 0 N–H and O–H groups in total. The zero-order chi connectivity index (χ0) is 11.2. The van der Waals surface area contributed by atoms with E-state index in [1.54, 1.807) is 36.7 Å². The van der Waals surface area contributed by atoms with Gasteiger partial charge in [0.25, 0.3) is 0 Å². The normalized spacial score (nSPS) is 10.2. The molecule has 1 aromatic heterocycles. The summed E-state index contributed by atoms with van der Waals surface area (Å²) in [6.07, 6.45) is 3.42. The van der Waals surface area contributed by atoms with Gasteiger partial charge in [-0.3, -0.25) is 9.98 Å². The second-order valence-electron chi connectivity index (χ2n) is 3.17. The highest BCUT2D eigenvalue weighted by molar-refractivity contribution is 5.79. The number of rotatable bonds is 2. The number of nitrogens with zero attached hydrogens (tertiary/aromatic N) is 3. The van der Waals surface area contributed by atoms with Crippen LogP contribution in [0, 0.1) is 11.3 Å². The molecule has 0 unspecified atom stereocenters. The van der Waals surface area contributed by atoms with Crippen molar-refractivity contribution in [3.05, 3.63) is 59.9 Å². The minimum atomic E-state index is 0.636. The van der Waals surface area contributed by atoms with Crippen LogP contribution in [-0.2, 0) is 0 Å². The van der Waals surface area contributed by atoms with Crippen LogP contribution in [0.1, 0.15) is 11.3 Å². The molecule has 0 aliphatic heterocycles. The Kier molecular flexibility index (Phi) is 3.05. The predicted molar refractivity (Wildman–Crippen MR) is 62.6 cm³/mol. The van der Waals surface area contributed by atoms with Gasteiger partial charge >= 0.3 is 0 Å². The van der Waals surface area contributed by atoms with Crippen molar-refractivity contribution in [3.8, 4) is 6.07 Å². The van der Waals surface area contributed by atoms with Gasteiger partial charge in [0.15, 0.2) is 0 Å². The number of benzene rings is 1. The first-order chi connectivity index (χ1) is 7.88. The van der Waals surface area contributed by atoms with Crippen LogP contribution < -0.4 is 0 Å². The average Bonchev–Trinajstić information content (AvgIpc) is 2.38. The Bertz CT molecular complexity index is 521. The van der Waals surface area contributed by atoms with Crippen LogP contribution in [0.5, 0.6) is 0 Å². The Balaban J connectivity index is 2.15. The Hall–Kier alpha value is -2.47. The maximum absolute atomic E-state index is 8.64. The minimum Gasteiger partial charge on any atom is -0.255 e. The highest BCUT2D eigenvalue weighted by Gasteiger charge is 1.91. The second kappa shape index (κ2) is 4.85. The molecular formula is C13H9N3. The first kappa shape index (κ1) is 10.1. The fourth-order valence-electron chi connectivity index (χ4n) is 1.22. The number of hydrogen-bond acceptors (Lipinski definition) is 3. The first-order valence-electron chi connectivity index (χ1n) is 4.84. The van der Waals surface area contributed by atoms with Gasteiger partial charge in [0.05, 0.1) is 29.2 Å². The summed E-state index contributed by atoms with van der Waals surface area (Å²) in [6, 6.07) is 14.8. The first-order valence-corrected chi connectivity index (χ1v) is 4.84. The van der Waals surface area contributed by atoms with E-state index < -0.39 is 0 Å². The van der Waals surface area contributed by atoms with Crippen LogP contribution in [0.2, 0.25) is 0 Å². The molecule has 0 amide bonds. The van der Waals surface area contributed by atoms with E-state index in [-0.39, 0.29) is 0 Å². The summed E-state index contributed by atoms with van der Waals surface area (Å²) in [7, 11) is 0.